The first-order valence-corrected chi connectivity index (χ1v) is 7.81. The molecule has 0 aromatic heterocycles. The van der Waals surface area contributed by atoms with Crippen LogP contribution in [0, 0.1) is 0 Å². The molecule has 1 aromatic rings. The molecule has 106 valence electrons. The Hall–Kier alpha value is -0.660. The van der Waals surface area contributed by atoms with Gasteiger partial charge >= 0.3 is 0 Å². The maximum absolute atomic E-state index is 12.3. The number of benzene rings is 1. The lowest BCUT2D eigenvalue weighted by Gasteiger charge is -2.23. The summed E-state index contributed by atoms with van der Waals surface area (Å²) in [5.41, 5.74) is 0.871. The Morgan fingerprint density at radius 1 is 1.42 bits per heavy atom. The van der Waals surface area contributed by atoms with Gasteiger partial charge in [0.25, 0.3) is 10.2 Å². The molecule has 1 N–H and O–H groups in total. The smallest absolute Gasteiger partial charge is 0.282 e. The number of aliphatic hydroxyl groups is 1. The van der Waals surface area contributed by atoms with E-state index in [4.69, 9.17) is 11.6 Å². The Kier molecular flexibility index (Phi) is 4.47. The van der Waals surface area contributed by atoms with Crippen LogP contribution >= 0.6 is 11.6 Å². The summed E-state index contributed by atoms with van der Waals surface area (Å²) in [4.78, 5) is 0. The average Bonchev–Trinajstić information content (AvgIpc) is 2.79. The molecule has 1 saturated heterocycles. The minimum Gasteiger partial charge on any atom is -0.392 e. The number of rotatable bonds is 4. The van der Waals surface area contributed by atoms with Crippen molar-refractivity contribution in [1.82, 2.24) is 8.61 Å². The summed E-state index contributed by atoms with van der Waals surface area (Å²) in [5, 5.41) is 10.0. The van der Waals surface area contributed by atoms with E-state index in [1.165, 1.54) is 15.7 Å². The van der Waals surface area contributed by atoms with Crippen LogP contribution in [0.15, 0.2) is 24.3 Å². The molecule has 5 nitrogen and oxygen atoms in total. The van der Waals surface area contributed by atoms with Gasteiger partial charge in [-0.05, 0) is 24.1 Å². The number of hydrogen-bond donors (Lipinski definition) is 1. The van der Waals surface area contributed by atoms with E-state index in [1.54, 1.807) is 24.3 Å². The van der Waals surface area contributed by atoms with Gasteiger partial charge in [-0.15, -0.1) is 0 Å². The second-order valence-electron chi connectivity index (χ2n) is 4.69. The average molecular weight is 305 g/mol. The Morgan fingerprint density at radius 3 is 2.58 bits per heavy atom. The molecule has 1 aliphatic heterocycles. The minimum atomic E-state index is -3.51. The van der Waals surface area contributed by atoms with Gasteiger partial charge in [0.05, 0.1) is 6.10 Å². The van der Waals surface area contributed by atoms with Crippen molar-refractivity contribution in [3.8, 4) is 0 Å². The summed E-state index contributed by atoms with van der Waals surface area (Å²) in [6.45, 7) is 0.827. The van der Waals surface area contributed by atoms with Crippen LogP contribution in [-0.2, 0) is 16.8 Å². The molecule has 7 heteroatoms. The fraction of sp³-hybridized carbons (Fsp3) is 0.500. The summed E-state index contributed by atoms with van der Waals surface area (Å²) in [5.74, 6) is 0. The van der Waals surface area contributed by atoms with Gasteiger partial charge in [-0.25, -0.2) is 0 Å². The summed E-state index contributed by atoms with van der Waals surface area (Å²) in [6.07, 6.45) is -0.0627. The maximum atomic E-state index is 12.3. The van der Waals surface area contributed by atoms with Gasteiger partial charge in [-0.1, -0.05) is 23.7 Å². The molecule has 0 radical (unpaired) electrons. The quantitative estimate of drug-likeness (QED) is 0.905. The topological polar surface area (TPSA) is 60.9 Å². The van der Waals surface area contributed by atoms with Crippen molar-refractivity contribution in [2.45, 2.75) is 19.1 Å². The fourth-order valence-electron chi connectivity index (χ4n) is 2.05. The monoisotopic (exact) mass is 304 g/mol. The molecule has 0 aliphatic carbocycles. The van der Waals surface area contributed by atoms with Crippen LogP contribution in [0.1, 0.15) is 12.0 Å². The predicted octanol–water partition coefficient (Wildman–Crippen LogP) is 1.08. The van der Waals surface area contributed by atoms with Gasteiger partial charge < -0.3 is 5.11 Å². The lowest BCUT2D eigenvalue weighted by molar-refractivity contribution is 0.188. The molecule has 0 spiro atoms. The largest absolute Gasteiger partial charge is 0.392 e. The number of hydrogen-bond acceptors (Lipinski definition) is 3. The third-order valence-corrected chi connectivity index (χ3v) is 5.32. The number of aliphatic hydroxyl groups excluding tert-OH is 1. The first kappa shape index (κ1) is 14.7. The molecule has 0 saturated carbocycles. The molecule has 1 fully saturated rings. The van der Waals surface area contributed by atoms with Crippen molar-refractivity contribution in [2.75, 3.05) is 20.1 Å². The van der Waals surface area contributed by atoms with Gasteiger partial charge in [0.2, 0.25) is 0 Å². The summed E-state index contributed by atoms with van der Waals surface area (Å²) >= 11 is 5.79. The molecule has 1 aromatic carbocycles. The second-order valence-corrected chi connectivity index (χ2v) is 7.16. The van der Waals surface area contributed by atoms with Crippen LogP contribution < -0.4 is 0 Å². The van der Waals surface area contributed by atoms with Crippen molar-refractivity contribution in [2.24, 2.45) is 0 Å². The molecule has 0 bridgehead atoms. The Labute approximate surface area is 118 Å². The highest BCUT2D eigenvalue weighted by atomic mass is 35.5. The number of β-amino-alcohol motifs (C(OH)–C–C–N with tert-alkyl or cyclic N) is 1. The summed E-state index contributed by atoms with van der Waals surface area (Å²) in [7, 11) is -1.97. The van der Waals surface area contributed by atoms with Crippen molar-refractivity contribution in [3.63, 3.8) is 0 Å². The molecule has 0 unspecified atom stereocenters. The van der Waals surface area contributed by atoms with E-state index in [1.807, 2.05) is 0 Å². The zero-order valence-electron chi connectivity index (χ0n) is 10.7. The van der Waals surface area contributed by atoms with Gasteiger partial charge in [0, 0.05) is 31.7 Å². The van der Waals surface area contributed by atoms with Gasteiger partial charge in [-0.2, -0.15) is 17.0 Å². The van der Waals surface area contributed by atoms with Crippen molar-refractivity contribution in [3.05, 3.63) is 34.9 Å². The SMILES string of the molecule is CN(Cc1ccc(Cl)cc1)S(=O)(=O)N1CC[C@@H](O)C1. The third kappa shape index (κ3) is 3.46. The zero-order chi connectivity index (χ0) is 14.0. The van der Waals surface area contributed by atoms with Crippen LogP contribution in [0.3, 0.4) is 0 Å². The number of nitrogens with zero attached hydrogens (tertiary/aromatic N) is 2. The third-order valence-electron chi connectivity index (χ3n) is 3.16. The first-order chi connectivity index (χ1) is 8.89. The van der Waals surface area contributed by atoms with Gasteiger partial charge in [0.1, 0.15) is 0 Å². The van der Waals surface area contributed by atoms with E-state index in [-0.39, 0.29) is 13.1 Å². The zero-order valence-corrected chi connectivity index (χ0v) is 12.2. The normalized spacial score (nSPS) is 21.2. The molecule has 1 atom stereocenters. The van der Waals surface area contributed by atoms with E-state index in [0.717, 1.165) is 5.56 Å². The molecule has 1 aliphatic rings. The lowest BCUT2D eigenvalue weighted by atomic mass is 10.2. The van der Waals surface area contributed by atoms with E-state index in [2.05, 4.69) is 0 Å². The standard InChI is InChI=1S/C12H17ClN2O3S/c1-14(8-10-2-4-11(13)5-3-10)19(17,18)15-7-6-12(16)9-15/h2-5,12,16H,6-9H2,1H3/t12-/m1/s1. The second kappa shape index (κ2) is 5.76. The minimum absolute atomic E-state index is 0.174. The maximum Gasteiger partial charge on any atom is 0.282 e. The van der Waals surface area contributed by atoms with Gasteiger partial charge in [0.15, 0.2) is 0 Å². The van der Waals surface area contributed by atoms with Crippen molar-refractivity contribution in [1.29, 1.82) is 0 Å². The van der Waals surface area contributed by atoms with Gasteiger partial charge in [-0.3, -0.25) is 0 Å². The van der Waals surface area contributed by atoms with E-state index in [0.29, 0.717) is 18.0 Å². The van der Waals surface area contributed by atoms with Crippen molar-refractivity contribution >= 4 is 21.8 Å². The summed E-state index contributed by atoms with van der Waals surface area (Å²) in [6, 6.07) is 7.06. The molecular weight excluding hydrogens is 288 g/mol. The highest BCUT2D eigenvalue weighted by Gasteiger charge is 2.33. The van der Waals surface area contributed by atoms with Crippen LogP contribution in [0.2, 0.25) is 5.02 Å². The highest BCUT2D eigenvalue weighted by Crippen LogP contribution is 2.18. The summed E-state index contributed by atoms with van der Waals surface area (Å²) < 4.78 is 27.1. The molecule has 1 heterocycles. The first-order valence-electron chi connectivity index (χ1n) is 6.03. The van der Waals surface area contributed by atoms with Crippen LogP contribution in [0.5, 0.6) is 0 Å². The highest BCUT2D eigenvalue weighted by molar-refractivity contribution is 7.86. The lowest BCUT2D eigenvalue weighted by Crippen LogP contribution is -2.40. The Balaban J connectivity index is 2.06. The van der Waals surface area contributed by atoms with Crippen LogP contribution in [0.4, 0.5) is 0 Å². The Morgan fingerprint density at radius 2 is 2.05 bits per heavy atom. The van der Waals surface area contributed by atoms with E-state index >= 15 is 0 Å². The molecule has 19 heavy (non-hydrogen) atoms. The van der Waals surface area contributed by atoms with Crippen LogP contribution in [-0.4, -0.2) is 48.4 Å². The molecular formula is C12H17ClN2O3S. The predicted molar refractivity (Wildman–Crippen MR) is 74.0 cm³/mol. The molecule has 0 amide bonds. The van der Waals surface area contributed by atoms with E-state index in [9.17, 15) is 13.5 Å². The fourth-order valence-corrected chi connectivity index (χ4v) is 3.57. The number of halogens is 1. The molecule has 2 rings (SSSR count). The van der Waals surface area contributed by atoms with Crippen LogP contribution in [0.25, 0.3) is 0 Å². The Bertz CT molecular complexity index is 532. The van der Waals surface area contributed by atoms with E-state index < -0.39 is 16.3 Å². The van der Waals surface area contributed by atoms with Crippen molar-refractivity contribution < 1.29 is 13.5 Å².